The van der Waals surface area contributed by atoms with Crippen LogP contribution in [0.5, 0.6) is 0 Å². The van der Waals surface area contributed by atoms with Crippen LogP contribution in [0.25, 0.3) is 6.08 Å². The normalized spacial score (nSPS) is 18.9. The lowest BCUT2D eigenvalue weighted by Gasteiger charge is -2.33. The summed E-state index contributed by atoms with van der Waals surface area (Å²) in [5.74, 6) is 0.274. The van der Waals surface area contributed by atoms with Gasteiger partial charge in [0.1, 0.15) is 0 Å². The van der Waals surface area contributed by atoms with Crippen molar-refractivity contribution in [3.8, 4) is 0 Å². The number of benzene rings is 1. The Morgan fingerprint density at radius 2 is 1.68 bits per heavy atom. The second kappa shape index (κ2) is 9.48. The quantitative estimate of drug-likeness (QED) is 0.478. The zero-order valence-corrected chi connectivity index (χ0v) is 16.0. The van der Waals surface area contributed by atoms with Gasteiger partial charge in [-0.05, 0) is 49.5 Å². The van der Waals surface area contributed by atoms with Gasteiger partial charge in [-0.3, -0.25) is 19.7 Å². The number of carbonyl (C=O) groups is 2. The zero-order valence-electron chi connectivity index (χ0n) is 16.0. The zero-order chi connectivity index (χ0) is 19.9. The Morgan fingerprint density at radius 3 is 2.29 bits per heavy atom. The van der Waals surface area contributed by atoms with Gasteiger partial charge >= 0.3 is 0 Å². The van der Waals surface area contributed by atoms with E-state index in [1.165, 1.54) is 24.6 Å². The van der Waals surface area contributed by atoms with Crippen LogP contribution in [0.15, 0.2) is 30.3 Å². The molecule has 150 valence electrons. The standard InChI is InChI=1S/C21H27N3O4/c25-20(11-8-16-6-9-19(10-7-16)24(27)28)23-14-12-18(13-15-23)22-21(26)17-4-2-1-3-5-17/h6-11,17-18H,1-5,12-15H2,(H,22,26)/b11-8+. The highest BCUT2D eigenvalue weighted by atomic mass is 16.6. The molecule has 2 fully saturated rings. The first-order valence-corrected chi connectivity index (χ1v) is 10.0. The largest absolute Gasteiger partial charge is 0.353 e. The molecule has 0 aromatic heterocycles. The van der Waals surface area contributed by atoms with Crippen molar-refractivity contribution in [3.63, 3.8) is 0 Å². The highest BCUT2D eigenvalue weighted by Crippen LogP contribution is 2.24. The molecule has 0 radical (unpaired) electrons. The summed E-state index contributed by atoms with van der Waals surface area (Å²) in [6.45, 7) is 1.25. The number of nitrogens with one attached hydrogen (secondary N) is 1. The lowest BCUT2D eigenvalue weighted by Crippen LogP contribution is -2.47. The van der Waals surface area contributed by atoms with E-state index >= 15 is 0 Å². The summed E-state index contributed by atoms with van der Waals surface area (Å²) in [6, 6.07) is 6.23. The Morgan fingerprint density at radius 1 is 1.04 bits per heavy atom. The number of rotatable bonds is 5. The van der Waals surface area contributed by atoms with Crippen LogP contribution in [0, 0.1) is 16.0 Å². The molecule has 1 saturated carbocycles. The number of hydrogen-bond acceptors (Lipinski definition) is 4. The van der Waals surface area contributed by atoms with Crippen LogP contribution >= 0.6 is 0 Å². The van der Waals surface area contributed by atoms with E-state index in [9.17, 15) is 19.7 Å². The summed E-state index contributed by atoms with van der Waals surface area (Å²) in [7, 11) is 0. The van der Waals surface area contributed by atoms with Crippen molar-refractivity contribution in [1.29, 1.82) is 0 Å². The molecule has 1 aromatic carbocycles. The topological polar surface area (TPSA) is 92.6 Å². The first-order chi connectivity index (χ1) is 13.5. The molecule has 1 aliphatic heterocycles. The summed E-state index contributed by atoms with van der Waals surface area (Å²) >= 11 is 0. The number of non-ortho nitro benzene ring substituents is 1. The van der Waals surface area contributed by atoms with Crippen LogP contribution in [0.2, 0.25) is 0 Å². The van der Waals surface area contributed by atoms with E-state index in [1.54, 1.807) is 23.1 Å². The van der Waals surface area contributed by atoms with E-state index in [4.69, 9.17) is 0 Å². The minimum absolute atomic E-state index is 0.0285. The van der Waals surface area contributed by atoms with Crippen molar-refractivity contribution in [2.24, 2.45) is 5.92 Å². The maximum atomic E-state index is 12.4. The van der Waals surface area contributed by atoms with E-state index in [0.717, 1.165) is 44.1 Å². The fourth-order valence-corrected chi connectivity index (χ4v) is 3.91. The fourth-order valence-electron chi connectivity index (χ4n) is 3.91. The lowest BCUT2D eigenvalue weighted by molar-refractivity contribution is -0.384. The molecule has 2 aliphatic rings. The van der Waals surface area contributed by atoms with Gasteiger partial charge in [-0.15, -0.1) is 0 Å². The third-order valence-corrected chi connectivity index (χ3v) is 5.65. The molecular formula is C21H27N3O4. The van der Waals surface area contributed by atoms with Crippen molar-refractivity contribution in [2.45, 2.75) is 51.0 Å². The van der Waals surface area contributed by atoms with Gasteiger partial charge in [0.2, 0.25) is 11.8 Å². The van der Waals surface area contributed by atoms with Crippen LogP contribution in [-0.2, 0) is 9.59 Å². The number of nitrogens with zero attached hydrogens (tertiary/aromatic N) is 2. The Labute approximate surface area is 164 Å². The van der Waals surface area contributed by atoms with Crippen molar-refractivity contribution >= 4 is 23.6 Å². The Bertz CT molecular complexity index is 731. The molecule has 7 nitrogen and oxygen atoms in total. The van der Waals surface area contributed by atoms with Crippen molar-refractivity contribution in [2.75, 3.05) is 13.1 Å². The number of carbonyl (C=O) groups excluding carboxylic acids is 2. The van der Waals surface area contributed by atoms with Crippen molar-refractivity contribution < 1.29 is 14.5 Å². The highest BCUT2D eigenvalue weighted by molar-refractivity contribution is 5.91. The van der Waals surface area contributed by atoms with Crippen LogP contribution in [0.1, 0.15) is 50.5 Å². The minimum atomic E-state index is -0.449. The predicted molar refractivity (Wildman–Crippen MR) is 106 cm³/mol. The highest BCUT2D eigenvalue weighted by Gasteiger charge is 2.26. The average Bonchev–Trinajstić information content (AvgIpc) is 2.73. The SMILES string of the molecule is O=C(NC1CCN(C(=O)/C=C/c2ccc([N+](=O)[O-])cc2)CC1)C1CCCCC1. The predicted octanol–water partition coefficient (Wildman–Crippen LogP) is 3.30. The summed E-state index contributed by atoms with van der Waals surface area (Å²) in [5, 5.41) is 13.8. The molecule has 1 heterocycles. The summed E-state index contributed by atoms with van der Waals surface area (Å²) in [5.41, 5.74) is 0.773. The molecule has 0 atom stereocenters. The number of nitro benzene ring substituents is 1. The molecule has 7 heteroatoms. The minimum Gasteiger partial charge on any atom is -0.353 e. The van der Waals surface area contributed by atoms with Gasteiger partial charge < -0.3 is 10.2 Å². The second-order valence-corrected chi connectivity index (χ2v) is 7.63. The molecule has 0 spiro atoms. The number of piperidine rings is 1. The molecule has 0 bridgehead atoms. The monoisotopic (exact) mass is 385 g/mol. The van der Waals surface area contributed by atoms with Crippen molar-refractivity contribution in [3.05, 3.63) is 46.0 Å². The van der Waals surface area contributed by atoms with Crippen molar-refractivity contribution in [1.82, 2.24) is 10.2 Å². The van der Waals surface area contributed by atoms with Crippen LogP contribution < -0.4 is 5.32 Å². The maximum Gasteiger partial charge on any atom is 0.269 e. The average molecular weight is 385 g/mol. The maximum absolute atomic E-state index is 12.4. The molecule has 1 N–H and O–H groups in total. The molecule has 1 saturated heterocycles. The van der Waals surface area contributed by atoms with Gasteiger partial charge in [0.05, 0.1) is 4.92 Å². The second-order valence-electron chi connectivity index (χ2n) is 7.63. The molecule has 1 aliphatic carbocycles. The third kappa shape index (κ3) is 5.41. The smallest absolute Gasteiger partial charge is 0.269 e. The Kier molecular flexibility index (Phi) is 6.79. The van der Waals surface area contributed by atoms with Gasteiger partial charge in [-0.25, -0.2) is 0 Å². The summed E-state index contributed by atoms with van der Waals surface area (Å²) < 4.78 is 0. The van der Waals surface area contributed by atoms with Gasteiger partial charge in [-0.2, -0.15) is 0 Å². The van der Waals surface area contributed by atoms with Crippen LogP contribution in [-0.4, -0.2) is 40.8 Å². The number of amides is 2. The van der Waals surface area contributed by atoms with E-state index < -0.39 is 4.92 Å². The Balaban J connectivity index is 1.44. The van der Waals surface area contributed by atoms with E-state index in [-0.39, 0.29) is 29.5 Å². The Hall–Kier alpha value is -2.70. The molecule has 0 unspecified atom stereocenters. The lowest BCUT2D eigenvalue weighted by atomic mass is 9.88. The van der Waals surface area contributed by atoms with Gasteiger partial charge in [0.25, 0.3) is 5.69 Å². The first-order valence-electron chi connectivity index (χ1n) is 10.0. The van der Waals surface area contributed by atoms with E-state index in [0.29, 0.717) is 13.1 Å². The summed E-state index contributed by atoms with van der Waals surface area (Å²) in [4.78, 5) is 36.7. The van der Waals surface area contributed by atoms with Gasteiger partial charge in [-0.1, -0.05) is 19.3 Å². The molecular weight excluding hydrogens is 358 g/mol. The van der Waals surface area contributed by atoms with Crippen LogP contribution in [0.3, 0.4) is 0 Å². The number of hydrogen-bond donors (Lipinski definition) is 1. The summed E-state index contributed by atoms with van der Waals surface area (Å²) in [6.07, 6.45) is 10.2. The molecule has 28 heavy (non-hydrogen) atoms. The third-order valence-electron chi connectivity index (χ3n) is 5.65. The molecule has 2 amide bonds. The first kappa shape index (κ1) is 20.0. The van der Waals surface area contributed by atoms with E-state index in [1.807, 2.05) is 0 Å². The van der Waals surface area contributed by atoms with Gasteiger partial charge in [0, 0.05) is 43.3 Å². The van der Waals surface area contributed by atoms with Crippen LogP contribution in [0.4, 0.5) is 5.69 Å². The number of nitro groups is 1. The van der Waals surface area contributed by atoms with E-state index in [2.05, 4.69) is 5.32 Å². The molecule has 1 aromatic rings. The number of likely N-dealkylation sites (tertiary alicyclic amines) is 1. The fraction of sp³-hybridized carbons (Fsp3) is 0.524. The van der Waals surface area contributed by atoms with Gasteiger partial charge in [0.15, 0.2) is 0 Å². The molecule has 3 rings (SSSR count).